The average molecular weight is 389 g/mol. The standard InChI is InChI=1S/C17H20ClF3N4O/c18-13-9-11(17(19,20)21)10-22-15(13)24-7-5-23(6-8-24)14-3-4-25(16(14)26)12-1-2-12/h9-10,12,14H,1-8H2. The molecule has 1 saturated carbocycles. The molecule has 26 heavy (non-hydrogen) atoms. The predicted molar refractivity (Wildman–Crippen MR) is 91.2 cm³/mol. The van der Waals surface area contributed by atoms with Crippen LogP contribution in [-0.2, 0) is 11.0 Å². The van der Waals surface area contributed by atoms with Crippen molar-refractivity contribution in [3.05, 3.63) is 22.8 Å². The van der Waals surface area contributed by atoms with E-state index >= 15 is 0 Å². The first-order valence-electron chi connectivity index (χ1n) is 8.87. The Bertz CT molecular complexity index is 702. The van der Waals surface area contributed by atoms with Crippen LogP contribution < -0.4 is 4.90 Å². The summed E-state index contributed by atoms with van der Waals surface area (Å²) in [5.41, 5.74) is -0.846. The third-order valence-corrected chi connectivity index (χ3v) is 5.68. The zero-order chi connectivity index (χ0) is 18.5. The first-order valence-corrected chi connectivity index (χ1v) is 9.24. The lowest BCUT2D eigenvalue weighted by Crippen LogP contribution is -2.53. The van der Waals surface area contributed by atoms with Gasteiger partial charge in [0.2, 0.25) is 5.91 Å². The number of likely N-dealkylation sites (tertiary alicyclic amines) is 1. The van der Waals surface area contributed by atoms with E-state index in [1.807, 2.05) is 9.80 Å². The highest BCUT2D eigenvalue weighted by Crippen LogP contribution is 2.35. The molecule has 1 amide bonds. The van der Waals surface area contributed by atoms with E-state index in [1.54, 1.807) is 0 Å². The number of pyridine rings is 1. The molecule has 4 rings (SSSR count). The van der Waals surface area contributed by atoms with Crippen LogP contribution in [0.15, 0.2) is 12.3 Å². The van der Waals surface area contributed by atoms with Crippen molar-refractivity contribution in [3.8, 4) is 0 Å². The highest BCUT2D eigenvalue weighted by atomic mass is 35.5. The fourth-order valence-corrected chi connectivity index (χ4v) is 4.12. The van der Waals surface area contributed by atoms with Crippen LogP contribution in [0.5, 0.6) is 0 Å². The lowest BCUT2D eigenvalue weighted by atomic mass is 10.1. The number of piperazine rings is 1. The Balaban J connectivity index is 1.39. The summed E-state index contributed by atoms with van der Waals surface area (Å²) in [6, 6.07) is 1.31. The summed E-state index contributed by atoms with van der Waals surface area (Å²) in [6.45, 7) is 3.36. The first kappa shape index (κ1) is 17.9. The molecule has 9 heteroatoms. The Morgan fingerprint density at radius 3 is 2.35 bits per heavy atom. The number of halogens is 4. The van der Waals surface area contributed by atoms with Crippen molar-refractivity contribution in [1.29, 1.82) is 0 Å². The third-order valence-electron chi connectivity index (χ3n) is 5.40. The van der Waals surface area contributed by atoms with Gasteiger partial charge in [0, 0.05) is 45.0 Å². The van der Waals surface area contributed by atoms with Crippen molar-refractivity contribution in [2.75, 3.05) is 37.6 Å². The smallest absolute Gasteiger partial charge is 0.353 e. The SMILES string of the molecule is O=C1C(N2CCN(c3ncc(C(F)(F)F)cc3Cl)CC2)CCN1C1CC1. The minimum atomic E-state index is -4.45. The highest BCUT2D eigenvalue weighted by molar-refractivity contribution is 6.33. The van der Waals surface area contributed by atoms with E-state index in [2.05, 4.69) is 9.88 Å². The van der Waals surface area contributed by atoms with Gasteiger partial charge in [0.1, 0.15) is 5.82 Å². The summed E-state index contributed by atoms with van der Waals surface area (Å²) >= 11 is 6.04. The van der Waals surface area contributed by atoms with Crippen molar-refractivity contribution in [2.24, 2.45) is 0 Å². The molecule has 0 bridgehead atoms. The van der Waals surface area contributed by atoms with Gasteiger partial charge in [0.05, 0.1) is 16.6 Å². The number of nitrogens with zero attached hydrogens (tertiary/aromatic N) is 4. The molecular weight excluding hydrogens is 369 g/mol. The van der Waals surface area contributed by atoms with Gasteiger partial charge in [-0.25, -0.2) is 4.98 Å². The number of alkyl halides is 3. The summed E-state index contributed by atoms with van der Waals surface area (Å²) in [5, 5.41) is 0.00475. The zero-order valence-corrected chi connectivity index (χ0v) is 14.9. The molecule has 0 aromatic carbocycles. The molecule has 0 spiro atoms. The van der Waals surface area contributed by atoms with E-state index in [0.717, 1.165) is 38.1 Å². The summed E-state index contributed by atoms with van der Waals surface area (Å²) in [6.07, 6.45) is -0.547. The molecule has 5 nitrogen and oxygen atoms in total. The van der Waals surface area contributed by atoms with Gasteiger partial charge in [0.15, 0.2) is 0 Å². The maximum Gasteiger partial charge on any atom is 0.417 e. The number of hydrogen-bond acceptors (Lipinski definition) is 4. The minimum Gasteiger partial charge on any atom is -0.353 e. The first-order chi connectivity index (χ1) is 12.3. The molecule has 3 heterocycles. The molecule has 0 radical (unpaired) electrons. The number of rotatable bonds is 3. The van der Waals surface area contributed by atoms with E-state index < -0.39 is 11.7 Å². The molecular formula is C17H20ClF3N4O. The Morgan fingerprint density at radius 1 is 1.08 bits per heavy atom. The van der Waals surface area contributed by atoms with E-state index in [9.17, 15) is 18.0 Å². The zero-order valence-electron chi connectivity index (χ0n) is 14.2. The topological polar surface area (TPSA) is 39.7 Å². The molecule has 2 aliphatic heterocycles. The van der Waals surface area contributed by atoms with Crippen molar-refractivity contribution >= 4 is 23.3 Å². The Kier molecular flexibility index (Phi) is 4.51. The van der Waals surface area contributed by atoms with Gasteiger partial charge in [-0.3, -0.25) is 9.69 Å². The molecule has 1 aromatic heterocycles. The monoisotopic (exact) mass is 388 g/mol. The molecule has 142 valence electrons. The van der Waals surface area contributed by atoms with Crippen LogP contribution in [0.1, 0.15) is 24.8 Å². The lowest BCUT2D eigenvalue weighted by Gasteiger charge is -2.38. The third kappa shape index (κ3) is 3.36. The normalized spacial score (nSPS) is 25.2. The summed E-state index contributed by atoms with van der Waals surface area (Å²) in [7, 11) is 0. The Hall–Kier alpha value is -1.54. The molecule has 1 aliphatic carbocycles. The van der Waals surface area contributed by atoms with Crippen molar-refractivity contribution < 1.29 is 18.0 Å². The molecule has 0 N–H and O–H groups in total. The van der Waals surface area contributed by atoms with Gasteiger partial charge < -0.3 is 9.80 Å². The van der Waals surface area contributed by atoms with Crippen LogP contribution >= 0.6 is 11.6 Å². The number of amides is 1. The van der Waals surface area contributed by atoms with Crippen LogP contribution in [0, 0.1) is 0 Å². The average Bonchev–Trinajstić information content (AvgIpc) is 3.37. The van der Waals surface area contributed by atoms with Crippen LogP contribution in [0.25, 0.3) is 0 Å². The second-order valence-electron chi connectivity index (χ2n) is 7.12. The molecule has 1 aromatic rings. The summed E-state index contributed by atoms with van der Waals surface area (Å²) in [5.74, 6) is 0.600. The van der Waals surface area contributed by atoms with Crippen molar-refractivity contribution in [3.63, 3.8) is 0 Å². The number of aromatic nitrogens is 1. The molecule has 1 unspecified atom stereocenters. The van der Waals surface area contributed by atoms with Gasteiger partial charge in [-0.1, -0.05) is 11.6 Å². The van der Waals surface area contributed by atoms with Crippen molar-refractivity contribution in [2.45, 2.75) is 37.5 Å². The molecule has 3 fully saturated rings. The minimum absolute atomic E-state index is 0.00475. The van der Waals surface area contributed by atoms with Gasteiger partial charge in [0.25, 0.3) is 0 Å². The molecule has 2 saturated heterocycles. The predicted octanol–water partition coefficient (Wildman–Crippen LogP) is 2.64. The number of hydrogen-bond donors (Lipinski definition) is 0. The van der Waals surface area contributed by atoms with E-state index in [4.69, 9.17) is 11.6 Å². The maximum atomic E-state index is 12.7. The van der Waals surface area contributed by atoms with Crippen molar-refractivity contribution in [1.82, 2.24) is 14.8 Å². The van der Waals surface area contributed by atoms with Crippen LogP contribution in [0.2, 0.25) is 5.02 Å². The maximum absolute atomic E-state index is 12.7. The van der Waals surface area contributed by atoms with E-state index in [0.29, 0.717) is 38.0 Å². The van der Waals surface area contributed by atoms with Gasteiger partial charge in [-0.05, 0) is 25.3 Å². The molecule has 1 atom stereocenters. The Morgan fingerprint density at radius 2 is 1.77 bits per heavy atom. The number of anilines is 1. The fourth-order valence-electron chi connectivity index (χ4n) is 3.84. The van der Waals surface area contributed by atoms with Gasteiger partial charge >= 0.3 is 6.18 Å². The number of carbonyl (C=O) groups excluding carboxylic acids is 1. The second-order valence-corrected chi connectivity index (χ2v) is 7.52. The van der Waals surface area contributed by atoms with Crippen LogP contribution in [0.3, 0.4) is 0 Å². The lowest BCUT2D eigenvalue weighted by molar-refractivity contribution is -0.137. The van der Waals surface area contributed by atoms with E-state index in [1.165, 1.54) is 0 Å². The van der Waals surface area contributed by atoms with E-state index in [-0.39, 0.29) is 17.0 Å². The van der Waals surface area contributed by atoms with Gasteiger partial charge in [-0.15, -0.1) is 0 Å². The van der Waals surface area contributed by atoms with Gasteiger partial charge in [-0.2, -0.15) is 13.2 Å². The molecule has 3 aliphatic rings. The second kappa shape index (κ2) is 6.56. The summed E-state index contributed by atoms with van der Waals surface area (Å²) in [4.78, 5) is 22.6. The van der Waals surface area contributed by atoms with Crippen LogP contribution in [-0.4, -0.2) is 65.5 Å². The quantitative estimate of drug-likeness (QED) is 0.798. The largest absolute Gasteiger partial charge is 0.417 e. The summed E-state index contributed by atoms with van der Waals surface area (Å²) < 4.78 is 38.2. The van der Waals surface area contributed by atoms with Crippen LogP contribution in [0.4, 0.5) is 19.0 Å². The fraction of sp³-hybridized carbons (Fsp3) is 0.647. The Labute approximate surface area is 154 Å². The highest BCUT2D eigenvalue weighted by Gasteiger charge is 2.43. The number of carbonyl (C=O) groups is 1.